The lowest BCUT2D eigenvalue weighted by Gasteiger charge is -2.01. The Hall–Kier alpha value is -0.450. The van der Waals surface area contributed by atoms with Gasteiger partial charge >= 0.3 is 0 Å². The molecule has 0 amide bonds. The molecular formula is C10H7BrClNOS. The standard InChI is InChI=1S/C10H7BrClNOS/c11-7-4-9(12)10(13-5-7)15-6-8-2-1-3-14-8/h1-5H,6H2. The van der Waals surface area contributed by atoms with Crippen LogP contribution in [0, 0.1) is 0 Å². The van der Waals surface area contributed by atoms with Crippen molar-refractivity contribution in [2.75, 3.05) is 0 Å². The molecule has 0 spiro atoms. The van der Waals surface area contributed by atoms with Gasteiger partial charge in [-0.25, -0.2) is 4.98 Å². The predicted octanol–water partition coefficient (Wildman–Crippen LogP) is 4.38. The normalized spacial score (nSPS) is 10.5. The van der Waals surface area contributed by atoms with E-state index in [9.17, 15) is 0 Å². The SMILES string of the molecule is Clc1cc(Br)cnc1SCc1ccco1. The summed E-state index contributed by atoms with van der Waals surface area (Å²) in [4.78, 5) is 4.22. The topological polar surface area (TPSA) is 26.0 Å². The van der Waals surface area contributed by atoms with Crippen LogP contribution in [0.15, 0.2) is 44.6 Å². The van der Waals surface area contributed by atoms with Crippen LogP contribution in [0.3, 0.4) is 0 Å². The van der Waals surface area contributed by atoms with Crippen molar-refractivity contribution in [2.45, 2.75) is 10.8 Å². The lowest BCUT2D eigenvalue weighted by molar-refractivity contribution is 0.530. The molecule has 5 heteroatoms. The van der Waals surface area contributed by atoms with Crippen LogP contribution in [-0.4, -0.2) is 4.98 Å². The van der Waals surface area contributed by atoms with Gasteiger partial charge in [0.25, 0.3) is 0 Å². The molecule has 2 rings (SSSR count). The van der Waals surface area contributed by atoms with E-state index in [1.807, 2.05) is 18.2 Å². The summed E-state index contributed by atoms with van der Waals surface area (Å²) in [5, 5.41) is 1.47. The number of pyridine rings is 1. The maximum absolute atomic E-state index is 6.03. The van der Waals surface area contributed by atoms with Gasteiger partial charge in [0.2, 0.25) is 0 Å². The summed E-state index contributed by atoms with van der Waals surface area (Å²) in [6, 6.07) is 5.63. The quantitative estimate of drug-likeness (QED) is 0.787. The molecule has 2 aromatic rings. The second-order valence-electron chi connectivity index (χ2n) is 2.81. The van der Waals surface area contributed by atoms with Crippen molar-refractivity contribution in [1.29, 1.82) is 0 Å². The van der Waals surface area contributed by atoms with Crippen molar-refractivity contribution in [2.24, 2.45) is 0 Å². The van der Waals surface area contributed by atoms with E-state index in [1.165, 1.54) is 0 Å². The highest BCUT2D eigenvalue weighted by atomic mass is 79.9. The zero-order valence-corrected chi connectivity index (χ0v) is 10.8. The highest BCUT2D eigenvalue weighted by molar-refractivity contribution is 9.10. The number of rotatable bonds is 3. The number of thioether (sulfide) groups is 1. The fourth-order valence-corrected chi connectivity index (χ4v) is 2.60. The fourth-order valence-electron chi connectivity index (χ4n) is 1.04. The molecule has 0 aliphatic carbocycles. The van der Waals surface area contributed by atoms with Gasteiger partial charge in [0.15, 0.2) is 0 Å². The number of hydrogen-bond donors (Lipinski definition) is 0. The molecule has 2 nitrogen and oxygen atoms in total. The fraction of sp³-hybridized carbons (Fsp3) is 0.100. The molecule has 0 atom stereocenters. The molecule has 0 aliphatic heterocycles. The average Bonchev–Trinajstić information content (AvgIpc) is 2.69. The lowest BCUT2D eigenvalue weighted by Crippen LogP contribution is -1.83. The largest absolute Gasteiger partial charge is 0.468 e. The summed E-state index contributed by atoms with van der Waals surface area (Å²) < 4.78 is 6.10. The summed E-state index contributed by atoms with van der Waals surface area (Å²) >= 11 is 10.9. The Bertz CT molecular complexity index is 447. The minimum atomic E-state index is 0.654. The van der Waals surface area contributed by atoms with Crippen LogP contribution in [0.25, 0.3) is 0 Å². The van der Waals surface area contributed by atoms with E-state index >= 15 is 0 Å². The molecule has 0 aliphatic rings. The highest BCUT2D eigenvalue weighted by Gasteiger charge is 2.05. The van der Waals surface area contributed by atoms with Crippen molar-refractivity contribution in [3.63, 3.8) is 0 Å². The third-order valence-electron chi connectivity index (χ3n) is 1.71. The molecule has 0 N–H and O–H groups in total. The van der Waals surface area contributed by atoms with Crippen LogP contribution in [0.2, 0.25) is 5.02 Å². The van der Waals surface area contributed by atoms with Crippen LogP contribution in [0.5, 0.6) is 0 Å². The smallest absolute Gasteiger partial charge is 0.115 e. The zero-order valence-electron chi connectivity index (χ0n) is 7.61. The number of hydrogen-bond acceptors (Lipinski definition) is 3. The van der Waals surface area contributed by atoms with E-state index < -0.39 is 0 Å². The van der Waals surface area contributed by atoms with E-state index in [-0.39, 0.29) is 0 Å². The van der Waals surface area contributed by atoms with Crippen molar-refractivity contribution >= 4 is 39.3 Å². The second-order valence-corrected chi connectivity index (χ2v) is 5.10. The minimum absolute atomic E-state index is 0.654. The average molecular weight is 305 g/mol. The van der Waals surface area contributed by atoms with Gasteiger partial charge in [0.05, 0.1) is 17.0 Å². The summed E-state index contributed by atoms with van der Waals surface area (Å²) in [5.41, 5.74) is 0. The summed E-state index contributed by atoms with van der Waals surface area (Å²) in [6.45, 7) is 0. The molecule has 78 valence electrons. The summed E-state index contributed by atoms with van der Waals surface area (Å²) in [7, 11) is 0. The summed E-state index contributed by atoms with van der Waals surface area (Å²) in [5.74, 6) is 1.65. The van der Waals surface area contributed by atoms with Crippen LogP contribution < -0.4 is 0 Å². The molecule has 0 aromatic carbocycles. The van der Waals surface area contributed by atoms with Gasteiger partial charge in [-0.15, -0.1) is 0 Å². The van der Waals surface area contributed by atoms with Crippen LogP contribution in [0.1, 0.15) is 5.76 Å². The molecule has 0 saturated carbocycles. The Labute approximate surface area is 105 Å². The van der Waals surface area contributed by atoms with Crippen molar-refractivity contribution in [3.05, 3.63) is 45.9 Å². The zero-order chi connectivity index (χ0) is 10.7. The van der Waals surface area contributed by atoms with Gasteiger partial charge in [0, 0.05) is 10.7 Å². The van der Waals surface area contributed by atoms with E-state index in [0.717, 1.165) is 21.0 Å². The molecule has 2 heterocycles. The van der Waals surface area contributed by atoms with Gasteiger partial charge in [0.1, 0.15) is 10.8 Å². The third-order valence-corrected chi connectivity index (χ3v) is 3.57. The van der Waals surface area contributed by atoms with Gasteiger partial charge < -0.3 is 4.42 Å². The number of halogens is 2. The van der Waals surface area contributed by atoms with E-state index in [0.29, 0.717) is 5.02 Å². The maximum atomic E-state index is 6.03. The highest BCUT2D eigenvalue weighted by Crippen LogP contribution is 2.29. The number of aromatic nitrogens is 1. The van der Waals surface area contributed by atoms with E-state index in [1.54, 1.807) is 24.2 Å². The van der Waals surface area contributed by atoms with E-state index in [4.69, 9.17) is 16.0 Å². The second kappa shape index (κ2) is 5.05. The Morgan fingerprint density at radius 1 is 1.53 bits per heavy atom. The Morgan fingerprint density at radius 3 is 3.07 bits per heavy atom. The molecular weight excluding hydrogens is 298 g/mol. The van der Waals surface area contributed by atoms with Crippen molar-refractivity contribution in [3.8, 4) is 0 Å². The van der Waals surface area contributed by atoms with Crippen LogP contribution in [0.4, 0.5) is 0 Å². The van der Waals surface area contributed by atoms with Gasteiger partial charge in [-0.3, -0.25) is 0 Å². The van der Waals surface area contributed by atoms with Crippen molar-refractivity contribution < 1.29 is 4.42 Å². The number of nitrogens with zero attached hydrogens (tertiary/aromatic N) is 1. The van der Waals surface area contributed by atoms with Gasteiger partial charge in [-0.1, -0.05) is 23.4 Å². The van der Waals surface area contributed by atoms with E-state index in [2.05, 4.69) is 20.9 Å². The molecule has 0 unspecified atom stereocenters. The van der Waals surface area contributed by atoms with Gasteiger partial charge in [-0.05, 0) is 34.1 Å². The predicted molar refractivity (Wildman–Crippen MR) is 65.2 cm³/mol. The molecule has 0 saturated heterocycles. The Kier molecular flexibility index (Phi) is 3.72. The molecule has 2 aromatic heterocycles. The first-order valence-electron chi connectivity index (χ1n) is 4.22. The number of furan rings is 1. The van der Waals surface area contributed by atoms with Crippen LogP contribution in [-0.2, 0) is 5.75 Å². The third kappa shape index (κ3) is 3.00. The first-order valence-corrected chi connectivity index (χ1v) is 6.37. The summed E-state index contributed by atoms with van der Waals surface area (Å²) in [6.07, 6.45) is 3.39. The van der Waals surface area contributed by atoms with Crippen LogP contribution >= 0.6 is 39.3 Å². The molecule has 15 heavy (non-hydrogen) atoms. The van der Waals surface area contributed by atoms with Crippen molar-refractivity contribution in [1.82, 2.24) is 4.98 Å². The first kappa shape index (κ1) is 11.0. The Balaban J connectivity index is 2.05. The molecule has 0 bridgehead atoms. The monoisotopic (exact) mass is 303 g/mol. The first-order chi connectivity index (χ1) is 7.25. The Morgan fingerprint density at radius 2 is 2.40 bits per heavy atom. The lowest BCUT2D eigenvalue weighted by atomic mass is 10.5. The maximum Gasteiger partial charge on any atom is 0.115 e. The molecule has 0 radical (unpaired) electrons. The minimum Gasteiger partial charge on any atom is -0.468 e. The van der Waals surface area contributed by atoms with Gasteiger partial charge in [-0.2, -0.15) is 0 Å². The molecule has 0 fully saturated rings.